The Morgan fingerprint density at radius 2 is 2.20 bits per heavy atom. The molecule has 5 nitrogen and oxygen atoms in total. The van der Waals surface area contributed by atoms with Gasteiger partial charge in [-0.05, 0) is 31.7 Å². The minimum absolute atomic E-state index is 0.137. The van der Waals surface area contributed by atoms with Gasteiger partial charge in [-0.2, -0.15) is 5.10 Å². The van der Waals surface area contributed by atoms with E-state index in [1.165, 1.54) is 0 Å². The van der Waals surface area contributed by atoms with Crippen molar-refractivity contribution in [2.75, 3.05) is 6.54 Å². The average Bonchev–Trinajstić information content (AvgIpc) is 3.25. The molecule has 1 heterocycles. The summed E-state index contributed by atoms with van der Waals surface area (Å²) in [5, 5.41) is 8.32. The van der Waals surface area contributed by atoms with Crippen LogP contribution in [-0.2, 0) is 7.05 Å². The average molecular weight is 272 g/mol. The van der Waals surface area contributed by atoms with Crippen molar-refractivity contribution >= 4 is 16.8 Å². The minimum atomic E-state index is -0.324. The molecule has 1 aliphatic rings. The molecule has 20 heavy (non-hydrogen) atoms. The zero-order valence-electron chi connectivity index (χ0n) is 11.9. The first-order valence-electron chi connectivity index (χ1n) is 6.99. The van der Waals surface area contributed by atoms with E-state index < -0.39 is 0 Å². The van der Waals surface area contributed by atoms with Gasteiger partial charge in [-0.1, -0.05) is 18.2 Å². The standard InChI is InChI=1S/C15H20N4O/c1-15(9-16,10-7-8-10)17-14(20)13-11-5-3-4-6-12(11)19(2)18-13/h3-6,10H,7-9,16H2,1-2H3,(H,17,20). The Bertz CT molecular complexity index is 659. The summed E-state index contributed by atoms with van der Waals surface area (Å²) in [6.45, 7) is 2.47. The molecule has 1 atom stereocenters. The molecule has 1 saturated carbocycles. The van der Waals surface area contributed by atoms with Crippen molar-refractivity contribution < 1.29 is 4.79 Å². The normalized spacial score (nSPS) is 17.9. The van der Waals surface area contributed by atoms with Gasteiger partial charge >= 0.3 is 0 Å². The first-order valence-corrected chi connectivity index (χ1v) is 6.99. The van der Waals surface area contributed by atoms with Crippen LogP contribution in [0.1, 0.15) is 30.3 Å². The van der Waals surface area contributed by atoms with Gasteiger partial charge in [-0.15, -0.1) is 0 Å². The van der Waals surface area contributed by atoms with Crippen LogP contribution in [0.5, 0.6) is 0 Å². The Labute approximate surface area is 118 Å². The summed E-state index contributed by atoms with van der Waals surface area (Å²) >= 11 is 0. The monoisotopic (exact) mass is 272 g/mol. The van der Waals surface area contributed by atoms with E-state index in [0.29, 0.717) is 18.2 Å². The van der Waals surface area contributed by atoms with Crippen LogP contribution in [-0.4, -0.2) is 27.8 Å². The number of benzene rings is 1. The number of nitrogens with one attached hydrogen (secondary N) is 1. The van der Waals surface area contributed by atoms with Crippen LogP contribution in [0.25, 0.3) is 10.9 Å². The molecule has 106 valence electrons. The quantitative estimate of drug-likeness (QED) is 0.884. The SMILES string of the molecule is Cn1nc(C(=O)NC(C)(CN)C2CC2)c2ccccc21. The van der Waals surface area contributed by atoms with E-state index in [2.05, 4.69) is 10.4 Å². The Morgan fingerprint density at radius 1 is 1.50 bits per heavy atom. The van der Waals surface area contributed by atoms with Crippen molar-refractivity contribution in [3.63, 3.8) is 0 Å². The summed E-state index contributed by atoms with van der Waals surface area (Å²) < 4.78 is 1.74. The van der Waals surface area contributed by atoms with E-state index in [-0.39, 0.29) is 11.4 Å². The van der Waals surface area contributed by atoms with Crippen LogP contribution >= 0.6 is 0 Å². The predicted molar refractivity (Wildman–Crippen MR) is 78.4 cm³/mol. The number of hydrogen-bond acceptors (Lipinski definition) is 3. The third-order valence-electron chi connectivity index (χ3n) is 4.27. The Morgan fingerprint density at radius 3 is 2.85 bits per heavy atom. The zero-order valence-corrected chi connectivity index (χ0v) is 11.9. The van der Waals surface area contributed by atoms with Crippen LogP contribution in [0.2, 0.25) is 0 Å². The van der Waals surface area contributed by atoms with Gasteiger partial charge in [0.1, 0.15) is 0 Å². The predicted octanol–water partition coefficient (Wildman–Crippen LogP) is 1.43. The number of amides is 1. The molecule has 2 aromatic rings. The molecule has 0 radical (unpaired) electrons. The maximum atomic E-state index is 12.5. The molecule has 0 bridgehead atoms. The number of carbonyl (C=O) groups excluding carboxylic acids is 1. The largest absolute Gasteiger partial charge is 0.344 e. The fourth-order valence-electron chi connectivity index (χ4n) is 2.74. The summed E-state index contributed by atoms with van der Waals surface area (Å²) in [4.78, 5) is 12.5. The second-order valence-corrected chi connectivity index (χ2v) is 5.84. The number of para-hydroxylation sites is 1. The van der Waals surface area contributed by atoms with Gasteiger partial charge in [0.05, 0.1) is 11.1 Å². The van der Waals surface area contributed by atoms with Crippen molar-refractivity contribution in [3.8, 4) is 0 Å². The number of fused-ring (bicyclic) bond motifs is 1. The van der Waals surface area contributed by atoms with Gasteiger partial charge in [0.2, 0.25) is 0 Å². The molecule has 0 aliphatic heterocycles. The van der Waals surface area contributed by atoms with Gasteiger partial charge in [0.25, 0.3) is 5.91 Å². The maximum Gasteiger partial charge on any atom is 0.272 e. The van der Waals surface area contributed by atoms with Crippen molar-refractivity contribution in [2.24, 2.45) is 18.7 Å². The molecule has 1 fully saturated rings. The van der Waals surface area contributed by atoms with Crippen molar-refractivity contribution in [1.82, 2.24) is 15.1 Å². The topological polar surface area (TPSA) is 72.9 Å². The van der Waals surface area contributed by atoms with Crippen LogP contribution in [0, 0.1) is 5.92 Å². The number of carbonyl (C=O) groups is 1. The number of rotatable bonds is 4. The lowest BCUT2D eigenvalue weighted by atomic mass is 9.95. The Balaban J connectivity index is 1.93. The van der Waals surface area contributed by atoms with Crippen molar-refractivity contribution in [1.29, 1.82) is 0 Å². The molecule has 3 rings (SSSR count). The lowest BCUT2D eigenvalue weighted by Gasteiger charge is -2.29. The van der Waals surface area contributed by atoms with Crippen LogP contribution < -0.4 is 11.1 Å². The highest BCUT2D eigenvalue weighted by molar-refractivity contribution is 6.05. The lowest BCUT2D eigenvalue weighted by molar-refractivity contribution is 0.0893. The van der Waals surface area contributed by atoms with E-state index in [4.69, 9.17) is 5.73 Å². The summed E-state index contributed by atoms with van der Waals surface area (Å²) in [7, 11) is 1.85. The van der Waals surface area contributed by atoms with Gasteiger partial charge in [-0.3, -0.25) is 9.48 Å². The van der Waals surface area contributed by atoms with Crippen LogP contribution in [0.3, 0.4) is 0 Å². The lowest BCUT2D eigenvalue weighted by Crippen LogP contribution is -2.53. The summed E-state index contributed by atoms with van der Waals surface area (Å²) in [5.41, 5.74) is 6.96. The zero-order chi connectivity index (χ0) is 14.3. The number of nitrogens with zero attached hydrogens (tertiary/aromatic N) is 2. The van der Waals surface area contributed by atoms with Crippen molar-refractivity contribution in [3.05, 3.63) is 30.0 Å². The van der Waals surface area contributed by atoms with Crippen LogP contribution in [0.4, 0.5) is 0 Å². The molecule has 0 saturated heterocycles. The molecule has 3 N–H and O–H groups in total. The molecule has 1 aromatic heterocycles. The van der Waals surface area contributed by atoms with E-state index in [1.54, 1.807) is 4.68 Å². The molecular formula is C15H20N4O. The van der Waals surface area contributed by atoms with E-state index in [9.17, 15) is 4.79 Å². The Hall–Kier alpha value is -1.88. The molecule has 1 unspecified atom stereocenters. The number of aromatic nitrogens is 2. The maximum absolute atomic E-state index is 12.5. The third kappa shape index (κ3) is 2.08. The second kappa shape index (κ2) is 4.59. The van der Waals surface area contributed by atoms with Crippen LogP contribution in [0.15, 0.2) is 24.3 Å². The molecular weight excluding hydrogens is 252 g/mol. The fraction of sp³-hybridized carbons (Fsp3) is 0.467. The molecule has 1 aromatic carbocycles. The molecule has 5 heteroatoms. The highest BCUT2D eigenvalue weighted by atomic mass is 16.2. The molecule has 0 spiro atoms. The van der Waals surface area contributed by atoms with E-state index >= 15 is 0 Å². The van der Waals surface area contributed by atoms with Gasteiger partial charge in [0, 0.05) is 19.0 Å². The highest BCUT2D eigenvalue weighted by Gasteiger charge is 2.42. The minimum Gasteiger partial charge on any atom is -0.344 e. The van der Waals surface area contributed by atoms with Gasteiger partial charge in [0.15, 0.2) is 5.69 Å². The Kier molecular flexibility index (Phi) is 3.01. The van der Waals surface area contributed by atoms with E-state index in [1.807, 2.05) is 38.2 Å². The molecule has 1 aliphatic carbocycles. The summed E-state index contributed by atoms with van der Waals surface area (Å²) in [5.74, 6) is 0.355. The first kappa shape index (κ1) is 13.1. The number of aryl methyl sites for hydroxylation is 1. The smallest absolute Gasteiger partial charge is 0.272 e. The number of hydrogen-bond donors (Lipinski definition) is 2. The summed E-state index contributed by atoms with van der Waals surface area (Å²) in [6, 6.07) is 7.75. The first-order chi connectivity index (χ1) is 9.55. The summed E-state index contributed by atoms with van der Waals surface area (Å²) in [6.07, 6.45) is 2.27. The van der Waals surface area contributed by atoms with Gasteiger partial charge < -0.3 is 11.1 Å². The highest BCUT2D eigenvalue weighted by Crippen LogP contribution is 2.39. The number of nitrogens with two attached hydrogens (primary N) is 1. The third-order valence-corrected chi connectivity index (χ3v) is 4.27. The van der Waals surface area contributed by atoms with Crippen molar-refractivity contribution in [2.45, 2.75) is 25.3 Å². The molecule has 1 amide bonds. The second-order valence-electron chi connectivity index (χ2n) is 5.84. The van der Waals surface area contributed by atoms with E-state index in [0.717, 1.165) is 23.7 Å². The fourth-order valence-corrected chi connectivity index (χ4v) is 2.74. The van der Waals surface area contributed by atoms with Gasteiger partial charge in [-0.25, -0.2) is 0 Å².